The Labute approximate surface area is 166 Å². The van der Waals surface area contributed by atoms with Crippen LogP contribution in [0.3, 0.4) is 0 Å². The number of aromatic nitrogens is 4. The molecule has 28 heavy (non-hydrogen) atoms. The van der Waals surface area contributed by atoms with Crippen LogP contribution in [0.1, 0.15) is 44.4 Å². The first-order chi connectivity index (χ1) is 13.8. The molecule has 0 amide bonds. The summed E-state index contributed by atoms with van der Waals surface area (Å²) < 4.78 is 0. The average Bonchev–Trinajstić information content (AvgIpc) is 2.77. The molecule has 0 bridgehead atoms. The predicted octanol–water partition coefficient (Wildman–Crippen LogP) is 4.22. The molecular weight excluding hydrogens is 348 g/mol. The maximum Gasteiger partial charge on any atom is 0.229 e. The monoisotopic (exact) mass is 376 g/mol. The summed E-state index contributed by atoms with van der Waals surface area (Å²) >= 11 is 0. The van der Waals surface area contributed by atoms with Crippen LogP contribution in [0.25, 0.3) is 11.0 Å². The largest absolute Gasteiger partial charge is 0.365 e. The lowest BCUT2D eigenvalue weighted by Gasteiger charge is -2.31. The van der Waals surface area contributed by atoms with Gasteiger partial charge in [-0.15, -0.1) is 0 Å². The van der Waals surface area contributed by atoms with Crippen LogP contribution in [0.2, 0.25) is 0 Å². The molecule has 1 N–H and O–H groups in total. The van der Waals surface area contributed by atoms with Crippen LogP contribution in [0.4, 0.5) is 11.8 Å². The third-order valence-electron chi connectivity index (χ3n) is 5.70. The molecule has 0 saturated carbocycles. The number of hydrogen-bond acceptors (Lipinski definition) is 6. The van der Waals surface area contributed by atoms with Crippen molar-refractivity contribution in [2.45, 2.75) is 46.1 Å². The summed E-state index contributed by atoms with van der Waals surface area (Å²) in [6, 6.07) is 8.07. The smallest absolute Gasteiger partial charge is 0.229 e. The van der Waals surface area contributed by atoms with Crippen LogP contribution in [0.15, 0.2) is 36.7 Å². The highest BCUT2D eigenvalue weighted by molar-refractivity contribution is 5.87. The molecule has 0 unspecified atom stereocenters. The van der Waals surface area contributed by atoms with Crippen LogP contribution in [0.5, 0.6) is 0 Å². The summed E-state index contributed by atoms with van der Waals surface area (Å²) in [4.78, 5) is 20.9. The van der Waals surface area contributed by atoms with Gasteiger partial charge < -0.3 is 10.2 Å². The highest BCUT2D eigenvalue weighted by Crippen LogP contribution is 2.27. The van der Waals surface area contributed by atoms with Gasteiger partial charge in [0.05, 0.1) is 5.39 Å². The Morgan fingerprint density at radius 1 is 1.04 bits per heavy atom. The van der Waals surface area contributed by atoms with E-state index in [1.54, 1.807) is 6.20 Å². The van der Waals surface area contributed by atoms with Crippen molar-refractivity contribution in [2.24, 2.45) is 5.92 Å². The van der Waals surface area contributed by atoms with Crippen molar-refractivity contribution in [2.75, 3.05) is 23.3 Å². The van der Waals surface area contributed by atoms with Crippen molar-refractivity contribution >= 4 is 22.8 Å². The molecule has 1 saturated heterocycles. The first-order valence-electron chi connectivity index (χ1n) is 10.3. The lowest BCUT2D eigenvalue weighted by atomic mass is 9.95. The molecule has 3 aromatic heterocycles. The van der Waals surface area contributed by atoms with Crippen molar-refractivity contribution < 1.29 is 0 Å². The highest BCUT2D eigenvalue weighted by atomic mass is 15.3. The predicted molar refractivity (Wildman–Crippen MR) is 114 cm³/mol. The molecule has 1 fully saturated rings. The lowest BCUT2D eigenvalue weighted by molar-refractivity contribution is 0.392. The second kappa shape index (κ2) is 8.50. The molecule has 0 atom stereocenters. The molecule has 3 aromatic rings. The highest BCUT2D eigenvalue weighted by Gasteiger charge is 2.21. The Morgan fingerprint density at radius 3 is 2.61 bits per heavy atom. The number of hydrogen-bond donors (Lipinski definition) is 1. The van der Waals surface area contributed by atoms with E-state index in [0.717, 1.165) is 53.9 Å². The Bertz CT molecular complexity index is 933. The zero-order valence-corrected chi connectivity index (χ0v) is 16.7. The Morgan fingerprint density at radius 2 is 1.82 bits per heavy atom. The molecule has 146 valence electrons. The number of rotatable bonds is 6. The molecule has 1 aliphatic rings. The summed E-state index contributed by atoms with van der Waals surface area (Å²) in [5.74, 6) is 2.45. The molecule has 4 rings (SSSR count). The van der Waals surface area contributed by atoms with Crippen LogP contribution in [0, 0.1) is 5.92 Å². The fourth-order valence-corrected chi connectivity index (χ4v) is 3.90. The Hall–Kier alpha value is -2.76. The minimum absolute atomic E-state index is 0.690. The second-order valence-corrected chi connectivity index (χ2v) is 7.40. The number of nitrogens with zero attached hydrogens (tertiary/aromatic N) is 5. The second-order valence-electron chi connectivity index (χ2n) is 7.40. The van der Waals surface area contributed by atoms with Gasteiger partial charge in [-0.1, -0.05) is 26.3 Å². The van der Waals surface area contributed by atoms with Crippen LogP contribution < -0.4 is 10.2 Å². The van der Waals surface area contributed by atoms with Crippen molar-refractivity contribution in [3.8, 4) is 0 Å². The third-order valence-corrected chi connectivity index (χ3v) is 5.70. The summed E-state index contributed by atoms with van der Waals surface area (Å²) in [5.41, 5.74) is 3.06. The summed E-state index contributed by atoms with van der Waals surface area (Å²) in [5, 5.41) is 4.48. The van der Waals surface area contributed by atoms with E-state index < -0.39 is 0 Å². The quantitative estimate of drug-likeness (QED) is 0.695. The zero-order chi connectivity index (χ0) is 19.3. The Balaban J connectivity index is 1.61. The fourth-order valence-electron chi connectivity index (χ4n) is 3.90. The van der Waals surface area contributed by atoms with Gasteiger partial charge in [0.15, 0.2) is 5.65 Å². The van der Waals surface area contributed by atoms with Crippen LogP contribution in [-0.4, -0.2) is 33.0 Å². The first kappa shape index (κ1) is 18.6. The molecule has 6 heteroatoms. The van der Waals surface area contributed by atoms with E-state index in [9.17, 15) is 0 Å². The molecule has 6 nitrogen and oxygen atoms in total. The van der Waals surface area contributed by atoms with Crippen molar-refractivity contribution in [1.29, 1.82) is 0 Å². The van der Waals surface area contributed by atoms with Gasteiger partial charge in [0.2, 0.25) is 5.95 Å². The van der Waals surface area contributed by atoms with Gasteiger partial charge in [-0.05, 0) is 48.9 Å². The first-order valence-corrected chi connectivity index (χ1v) is 10.3. The van der Waals surface area contributed by atoms with E-state index in [-0.39, 0.29) is 0 Å². The fraction of sp³-hybridized carbons (Fsp3) is 0.455. The van der Waals surface area contributed by atoms with Gasteiger partial charge in [-0.3, -0.25) is 4.98 Å². The minimum Gasteiger partial charge on any atom is -0.365 e. The maximum absolute atomic E-state index is 4.89. The molecular formula is C22H28N6. The number of nitrogens with one attached hydrogen (secondary N) is 1. The molecule has 0 aliphatic carbocycles. The summed E-state index contributed by atoms with van der Waals surface area (Å²) in [7, 11) is 0. The van der Waals surface area contributed by atoms with Gasteiger partial charge in [-0.25, -0.2) is 4.98 Å². The van der Waals surface area contributed by atoms with E-state index in [1.807, 2.05) is 24.4 Å². The van der Waals surface area contributed by atoms with E-state index in [1.165, 1.54) is 24.8 Å². The minimum atomic E-state index is 0.690. The lowest BCUT2D eigenvalue weighted by Crippen LogP contribution is -2.34. The number of piperidine rings is 1. The number of anilines is 2. The van der Waals surface area contributed by atoms with Crippen LogP contribution in [-0.2, 0) is 13.0 Å². The van der Waals surface area contributed by atoms with E-state index in [0.29, 0.717) is 6.54 Å². The van der Waals surface area contributed by atoms with Crippen molar-refractivity contribution in [1.82, 2.24) is 19.9 Å². The Kier molecular flexibility index (Phi) is 5.65. The normalized spacial score (nSPS) is 15.1. The van der Waals surface area contributed by atoms with Gasteiger partial charge in [-0.2, -0.15) is 9.97 Å². The number of fused-ring (bicyclic) bond motifs is 1. The molecule has 1 aliphatic heterocycles. The molecule has 0 aromatic carbocycles. The topological polar surface area (TPSA) is 66.8 Å². The summed E-state index contributed by atoms with van der Waals surface area (Å²) in [6.07, 6.45) is 8.23. The summed E-state index contributed by atoms with van der Waals surface area (Å²) in [6.45, 7) is 7.13. The zero-order valence-electron chi connectivity index (χ0n) is 16.7. The van der Waals surface area contributed by atoms with Gasteiger partial charge in [0.25, 0.3) is 0 Å². The standard InChI is InChI=1S/C22H28N6/c1-3-16-9-13-28(14-10-16)22-26-20-18(8-6-12-24-20)21(27-22)25-15-17-7-5-11-23-19(17)4-2/h5-8,11-12,16H,3-4,9-10,13-15H2,1-2H3,(H,24,25,26,27). The average molecular weight is 377 g/mol. The third kappa shape index (κ3) is 3.91. The number of pyridine rings is 2. The molecule has 4 heterocycles. The van der Waals surface area contributed by atoms with Crippen molar-refractivity contribution in [3.63, 3.8) is 0 Å². The van der Waals surface area contributed by atoms with E-state index in [2.05, 4.69) is 40.1 Å². The van der Waals surface area contributed by atoms with E-state index in [4.69, 9.17) is 9.97 Å². The van der Waals surface area contributed by atoms with Gasteiger partial charge in [0, 0.05) is 37.7 Å². The molecule has 0 radical (unpaired) electrons. The van der Waals surface area contributed by atoms with Gasteiger partial charge >= 0.3 is 0 Å². The van der Waals surface area contributed by atoms with Crippen molar-refractivity contribution in [3.05, 3.63) is 47.9 Å². The van der Waals surface area contributed by atoms with Crippen LogP contribution >= 0.6 is 0 Å². The molecule has 0 spiro atoms. The van der Waals surface area contributed by atoms with E-state index >= 15 is 0 Å². The number of aryl methyl sites for hydroxylation is 1. The SMILES string of the molecule is CCc1ncccc1CNc1nc(N2CCC(CC)CC2)nc2ncccc12. The van der Waals surface area contributed by atoms with Gasteiger partial charge in [0.1, 0.15) is 5.82 Å². The maximum atomic E-state index is 4.89.